The van der Waals surface area contributed by atoms with Gasteiger partial charge in [0.05, 0.1) is 25.4 Å². The highest BCUT2D eigenvalue weighted by Gasteiger charge is 2.07. The first kappa shape index (κ1) is 13.8. The lowest BCUT2D eigenvalue weighted by Crippen LogP contribution is -2.05. The van der Waals surface area contributed by atoms with Gasteiger partial charge in [-0.25, -0.2) is 9.78 Å². The van der Waals surface area contributed by atoms with E-state index in [0.29, 0.717) is 0 Å². The fourth-order valence-corrected chi connectivity index (χ4v) is 1.73. The van der Waals surface area contributed by atoms with E-state index < -0.39 is 5.97 Å². The van der Waals surface area contributed by atoms with Gasteiger partial charge in [-0.15, -0.1) is 0 Å². The molecule has 0 aliphatic carbocycles. The van der Waals surface area contributed by atoms with Crippen molar-refractivity contribution in [1.82, 2.24) is 4.98 Å². The minimum atomic E-state index is -0.511. The third-order valence-corrected chi connectivity index (χ3v) is 2.74. The molecule has 1 aromatic heterocycles. The maximum atomic E-state index is 11.3. The van der Waals surface area contributed by atoms with Crippen molar-refractivity contribution < 1.29 is 14.3 Å². The highest BCUT2D eigenvalue weighted by molar-refractivity contribution is 5.86. The van der Waals surface area contributed by atoms with Crippen molar-refractivity contribution in [2.24, 2.45) is 0 Å². The summed E-state index contributed by atoms with van der Waals surface area (Å²) in [6.45, 7) is 0. The number of nitrogens with zero attached hydrogens (tertiary/aromatic N) is 1. The van der Waals surface area contributed by atoms with Crippen molar-refractivity contribution in [2.45, 2.75) is 0 Å². The van der Waals surface area contributed by atoms with Crippen molar-refractivity contribution in [3.8, 4) is 0 Å². The molecule has 0 aliphatic rings. The van der Waals surface area contributed by atoms with Gasteiger partial charge >= 0.3 is 5.97 Å². The molecule has 2 aromatic rings. The molecule has 0 bridgehead atoms. The van der Waals surface area contributed by atoms with Crippen LogP contribution in [0.4, 0.5) is 0 Å². The number of pyridine rings is 1. The van der Waals surface area contributed by atoms with Crippen LogP contribution in [-0.4, -0.2) is 25.2 Å². The summed E-state index contributed by atoms with van der Waals surface area (Å²) < 4.78 is 9.51. The zero-order valence-electron chi connectivity index (χ0n) is 11.4. The van der Waals surface area contributed by atoms with Crippen molar-refractivity contribution in [3.05, 3.63) is 60.0 Å². The fraction of sp³-hybridized carbons (Fsp3) is 0.125. The van der Waals surface area contributed by atoms with Gasteiger partial charge in [0.15, 0.2) is 0 Å². The lowest BCUT2D eigenvalue weighted by molar-refractivity contribution is -0.139. The lowest BCUT2D eigenvalue weighted by atomic mass is 10.2. The van der Waals surface area contributed by atoms with E-state index in [9.17, 15) is 4.79 Å². The van der Waals surface area contributed by atoms with Gasteiger partial charge in [0.1, 0.15) is 0 Å². The molecule has 0 spiro atoms. The maximum Gasteiger partial charge on any atom is 0.373 e. The molecular weight excluding hydrogens is 254 g/mol. The topological polar surface area (TPSA) is 48.4 Å². The molecular formula is C16H15NO3. The zero-order chi connectivity index (χ0) is 14.4. The van der Waals surface area contributed by atoms with E-state index in [4.69, 9.17) is 4.74 Å². The molecule has 20 heavy (non-hydrogen) atoms. The van der Waals surface area contributed by atoms with Crippen LogP contribution in [0.25, 0.3) is 17.0 Å². The van der Waals surface area contributed by atoms with Crippen LogP contribution in [-0.2, 0) is 14.3 Å². The Balaban J connectivity index is 2.21. The van der Waals surface area contributed by atoms with E-state index in [1.54, 1.807) is 18.2 Å². The Kier molecular flexibility index (Phi) is 4.50. The van der Waals surface area contributed by atoms with Gasteiger partial charge in [0.2, 0.25) is 5.76 Å². The maximum absolute atomic E-state index is 11.3. The molecule has 0 unspecified atom stereocenters. The molecule has 0 N–H and O–H groups in total. The molecule has 0 radical (unpaired) electrons. The molecule has 0 fully saturated rings. The van der Waals surface area contributed by atoms with Gasteiger partial charge in [-0.1, -0.05) is 30.3 Å². The number of esters is 1. The Morgan fingerprint density at radius 1 is 1.10 bits per heavy atom. The number of carbonyl (C=O) groups excluding carboxylic acids is 1. The van der Waals surface area contributed by atoms with Gasteiger partial charge in [0.25, 0.3) is 0 Å². The Morgan fingerprint density at radius 2 is 1.90 bits per heavy atom. The number of carbonyl (C=O) groups is 1. The zero-order valence-corrected chi connectivity index (χ0v) is 11.4. The van der Waals surface area contributed by atoms with Crippen LogP contribution < -0.4 is 0 Å². The van der Waals surface area contributed by atoms with E-state index >= 15 is 0 Å². The summed E-state index contributed by atoms with van der Waals surface area (Å²) in [5.74, 6) is -0.367. The van der Waals surface area contributed by atoms with Crippen LogP contribution in [0.1, 0.15) is 5.69 Å². The summed E-state index contributed by atoms with van der Waals surface area (Å²) in [4.78, 5) is 15.8. The average molecular weight is 269 g/mol. The summed E-state index contributed by atoms with van der Waals surface area (Å²) in [5.41, 5.74) is 1.74. The molecule has 0 aliphatic heterocycles. The highest BCUT2D eigenvalue weighted by Crippen LogP contribution is 2.12. The number of para-hydroxylation sites is 1. The van der Waals surface area contributed by atoms with Crippen LogP contribution >= 0.6 is 0 Å². The highest BCUT2D eigenvalue weighted by atomic mass is 16.6. The number of rotatable bonds is 4. The number of hydrogen-bond donors (Lipinski definition) is 0. The molecule has 1 heterocycles. The second kappa shape index (κ2) is 6.52. The molecule has 0 atom stereocenters. The molecule has 0 saturated carbocycles. The van der Waals surface area contributed by atoms with Gasteiger partial charge in [0, 0.05) is 5.39 Å². The van der Waals surface area contributed by atoms with Crippen LogP contribution in [0.2, 0.25) is 0 Å². The third-order valence-electron chi connectivity index (χ3n) is 2.74. The fourth-order valence-electron chi connectivity index (χ4n) is 1.73. The largest absolute Gasteiger partial charge is 0.490 e. The molecule has 4 heteroatoms. The van der Waals surface area contributed by atoms with E-state index in [0.717, 1.165) is 16.6 Å². The SMILES string of the molecule is COC(=O)C(=CC=Cc1ccc2ccccc2n1)OC. The minimum Gasteiger partial charge on any atom is -0.490 e. The number of allylic oxidation sites excluding steroid dienone is 2. The first-order valence-electron chi connectivity index (χ1n) is 6.11. The molecule has 0 saturated heterocycles. The monoisotopic (exact) mass is 269 g/mol. The standard InChI is InChI=1S/C16H15NO3/c1-19-15(16(18)20-2)9-5-7-13-11-10-12-6-3-4-8-14(12)17-13/h3-11H,1-2H3. The molecule has 1 aromatic carbocycles. The number of fused-ring (bicyclic) bond motifs is 1. The van der Waals surface area contributed by atoms with Crippen LogP contribution in [0.15, 0.2) is 54.3 Å². The van der Waals surface area contributed by atoms with Crippen LogP contribution in [0, 0.1) is 0 Å². The van der Waals surface area contributed by atoms with Gasteiger partial charge in [-0.3, -0.25) is 0 Å². The number of benzene rings is 1. The van der Waals surface area contributed by atoms with Crippen molar-refractivity contribution >= 4 is 22.9 Å². The lowest BCUT2D eigenvalue weighted by Gasteiger charge is -2.01. The Morgan fingerprint density at radius 3 is 2.65 bits per heavy atom. The second-order valence-electron chi connectivity index (χ2n) is 4.01. The van der Waals surface area contributed by atoms with E-state index in [2.05, 4.69) is 9.72 Å². The summed E-state index contributed by atoms with van der Waals surface area (Å²) in [5, 5.41) is 1.09. The van der Waals surface area contributed by atoms with Crippen molar-refractivity contribution in [3.63, 3.8) is 0 Å². The number of methoxy groups -OCH3 is 2. The average Bonchev–Trinajstić information content (AvgIpc) is 2.50. The number of aromatic nitrogens is 1. The van der Waals surface area contributed by atoms with Crippen LogP contribution in [0.3, 0.4) is 0 Å². The minimum absolute atomic E-state index is 0.143. The summed E-state index contributed by atoms with van der Waals surface area (Å²) in [6.07, 6.45) is 5.05. The van der Waals surface area contributed by atoms with Gasteiger partial charge in [-0.05, 0) is 24.3 Å². The van der Waals surface area contributed by atoms with Gasteiger partial charge in [-0.2, -0.15) is 0 Å². The summed E-state index contributed by atoms with van der Waals surface area (Å²) >= 11 is 0. The van der Waals surface area contributed by atoms with E-state index in [1.165, 1.54) is 14.2 Å². The van der Waals surface area contributed by atoms with Crippen LogP contribution in [0.5, 0.6) is 0 Å². The van der Waals surface area contributed by atoms with Crippen molar-refractivity contribution in [1.29, 1.82) is 0 Å². The number of hydrogen-bond acceptors (Lipinski definition) is 4. The normalized spacial score (nSPS) is 11.8. The molecule has 4 nitrogen and oxygen atoms in total. The molecule has 0 amide bonds. The predicted molar refractivity (Wildman–Crippen MR) is 77.9 cm³/mol. The summed E-state index contributed by atoms with van der Waals surface area (Å²) in [6, 6.07) is 11.8. The molecule has 2 rings (SSSR count). The predicted octanol–water partition coefficient (Wildman–Crippen LogP) is 2.95. The van der Waals surface area contributed by atoms with E-state index in [-0.39, 0.29) is 5.76 Å². The number of ether oxygens (including phenoxy) is 2. The Bertz CT molecular complexity index is 674. The van der Waals surface area contributed by atoms with Gasteiger partial charge < -0.3 is 9.47 Å². The quantitative estimate of drug-likeness (QED) is 0.370. The smallest absolute Gasteiger partial charge is 0.373 e. The first-order valence-corrected chi connectivity index (χ1v) is 6.11. The summed E-state index contributed by atoms with van der Waals surface area (Å²) in [7, 11) is 2.73. The first-order chi connectivity index (χ1) is 9.74. The van der Waals surface area contributed by atoms with Crippen molar-refractivity contribution in [2.75, 3.05) is 14.2 Å². The Hall–Kier alpha value is -2.62. The molecule has 102 valence electrons. The second-order valence-corrected chi connectivity index (χ2v) is 4.01. The third kappa shape index (κ3) is 3.23. The Labute approximate surface area is 117 Å². The van der Waals surface area contributed by atoms with E-state index in [1.807, 2.05) is 36.4 Å².